The van der Waals surface area contributed by atoms with E-state index in [4.69, 9.17) is 5.21 Å². The maximum Gasteiger partial charge on any atom is 0.291 e. The first kappa shape index (κ1) is 3.85. The third-order valence-corrected chi connectivity index (χ3v) is 0.422. The van der Waals surface area contributed by atoms with Crippen molar-refractivity contribution in [2.24, 2.45) is 0 Å². The lowest BCUT2D eigenvalue weighted by Crippen LogP contribution is -2.26. The molecule has 1 N–H and O–H groups in total. The van der Waals surface area contributed by atoms with Crippen LogP contribution in [0.2, 0.25) is 0 Å². The minimum absolute atomic E-state index is 0.139. The van der Waals surface area contributed by atoms with E-state index in [1.807, 2.05) is 0 Å². The Morgan fingerprint density at radius 1 is 1.86 bits per heavy atom. The van der Waals surface area contributed by atoms with Crippen LogP contribution in [0.4, 0.5) is 0 Å². The molecular formula is CH2N4O2. The van der Waals surface area contributed by atoms with Crippen molar-refractivity contribution in [1.29, 1.82) is 0 Å². The first-order valence-corrected chi connectivity index (χ1v) is 1.50. The van der Waals surface area contributed by atoms with Crippen LogP contribution in [-0.2, 0) is 0 Å². The predicted molar refractivity (Wildman–Crippen MR) is 16.2 cm³/mol. The van der Waals surface area contributed by atoms with E-state index in [9.17, 15) is 5.21 Å². The normalized spacial score (nSPS) is 9.14. The number of nitrogens with zero attached hydrogens (tertiary/aromatic N) is 4. The highest BCUT2D eigenvalue weighted by molar-refractivity contribution is 4.20. The zero-order chi connectivity index (χ0) is 5.28. The maximum absolute atomic E-state index is 9.85. The van der Waals surface area contributed by atoms with E-state index in [0.29, 0.717) is 4.85 Å². The minimum Gasteiger partial charge on any atom is -0.722 e. The zero-order valence-electron chi connectivity index (χ0n) is 3.22. The molecule has 6 nitrogen and oxygen atoms in total. The van der Waals surface area contributed by atoms with E-state index < -0.39 is 0 Å². The molecule has 0 aliphatic heterocycles. The average molecular weight is 102 g/mol. The van der Waals surface area contributed by atoms with Crippen molar-refractivity contribution in [3.05, 3.63) is 11.5 Å². The molecule has 0 fully saturated rings. The van der Waals surface area contributed by atoms with Crippen LogP contribution in [0.5, 0.6) is 0 Å². The summed E-state index contributed by atoms with van der Waals surface area (Å²) < 4.78 is 0. The van der Waals surface area contributed by atoms with E-state index in [1.54, 1.807) is 0 Å². The van der Waals surface area contributed by atoms with Crippen LogP contribution in [0.15, 0.2) is 6.33 Å². The molecule has 1 aromatic heterocycles. The van der Waals surface area contributed by atoms with Gasteiger partial charge in [0.15, 0.2) is 0 Å². The molecule has 0 aromatic carbocycles. The SMILES string of the molecule is [O-][n+]1cn(O)nn1. The Morgan fingerprint density at radius 3 is 2.71 bits per heavy atom. The van der Waals surface area contributed by atoms with Crippen LogP contribution in [-0.4, -0.2) is 20.5 Å². The second-order valence-electron chi connectivity index (χ2n) is 0.917. The fourth-order valence-electron chi connectivity index (χ4n) is 0.215. The van der Waals surface area contributed by atoms with Gasteiger partial charge in [-0.25, -0.2) is 0 Å². The van der Waals surface area contributed by atoms with Crippen LogP contribution < -0.4 is 4.85 Å². The van der Waals surface area contributed by atoms with Crippen LogP contribution in [0.3, 0.4) is 0 Å². The van der Waals surface area contributed by atoms with Gasteiger partial charge >= 0.3 is 0 Å². The summed E-state index contributed by atoms with van der Waals surface area (Å²) in [4.78, 5) is 0.465. The van der Waals surface area contributed by atoms with E-state index >= 15 is 0 Å². The van der Waals surface area contributed by atoms with Gasteiger partial charge in [-0.05, 0) is 0 Å². The molecule has 0 radical (unpaired) electrons. The Balaban J connectivity index is 3.04. The number of aromatic nitrogens is 4. The summed E-state index contributed by atoms with van der Waals surface area (Å²) in [7, 11) is 0. The first-order valence-electron chi connectivity index (χ1n) is 1.50. The zero-order valence-corrected chi connectivity index (χ0v) is 3.22. The van der Waals surface area contributed by atoms with Gasteiger partial charge in [0, 0.05) is 0 Å². The topological polar surface area (TPSA) is 77.9 Å². The quantitative estimate of drug-likeness (QED) is 0.237. The molecule has 0 saturated carbocycles. The third kappa shape index (κ3) is 0.566. The number of hydrogen-bond acceptors (Lipinski definition) is 4. The fourth-order valence-corrected chi connectivity index (χ4v) is 0.215. The summed E-state index contributed by atoms with van der Waals surface area (Å²) in [6, 6.07) is 0. The van der Waals surface area contributed by atoms with Gasteiger partial charge in [-0.2, -0.15) is 0 Å². The van der Waals surface area contributed by atoms with Crippen molar-refractivity contribution < 1.29 is 10.1 Å². The minimum atomic E-state index is 0.139. The first-order chi connectivity index (χ1) is 3.29. The Bertz CT molecular complexity index is 142. The summed E-state index contributed by atoms with van der Waals surface area (Å²) in [6.45, 7) is 0. The molecule has 1 aromatic rings. The molecule has 0 aliphatic carbocycles. The van der Waals surface area contributed by atoms with E-state index in [2.05, 4.69) is 10.4 Å². The Kier molecular flexibility index (Phi) is 0.588. The monoisotopic (exact) mass is 102 g/mol. The van der Waals surface area contributed by atoms with Crippen LogP contribution in [0.1, 0.15) is 0 Å². The van der Waals surface area contributed by atoms with Gasteiger partial charge in [0.1, 0.15) is 5.21 Å². The molecule has 38 valence electrons. The lowest BCUT2D eigenvalue weighted by Gasteiger charge is -1.82. The van der Waals surface area contributed by atoms with Crippen molar-refractivity contribution in [1.82, 2.24) is 15.3 Å². The lowest BCUT2D eigenvalue weighted by molar-refractivity contribution is -0.670. The highest BCUT2D eigenvalue weighted by Crippen LogP contribution is 1.55. The predicted octanol–water partition coefficient (Wildman–Crippen LogP) is -1.85. The van der Waals surface area contributed by atoms with E-state index in [0.717, 1.165) is 6.33 Å². The molecule has 0 aliphatic rings. The average Bonchev–Trinajstić information content (AvgIpc) is 1.87. The number of rotatable bonds is 0. The molecule has 6 heteroatoms. The summed E-state index contributed by atoms with van der Waals surface area (Å²) in [5, 5.41) is 23.8. The molecule has 0 unspecified atom stereocenters. The van der Waals surface area contributed by atoms with E-state index in [1.165, 1.54) is 0 Å². The van der Waals surface area contributed by atoms with Gasteiger partial charge in [0.05, 0.1) is 4.85 Å². The van der Waals surface area contributed by atoms with Crippen molar-refractivity contribution in [3.8, 4) is 0 Å². The van der Waals surface area contributed by atoms with Crippen LogP contribution in [0.25, 0.3) is 0 Å². The van der Waals surface area contributed by atoms with Gasteiger partial charge in [-0.1, -0.05) is 0 Å². The Labute approximate surface area is 38.1 Å². The molecule has 0 spiro atoms. The number of tetrazole rings is 1. The van der Waals surface area contributed by atoms with Gasteiger partial charge in [-0.3, -0.25) is 0 Å². The molecule has 1 heterocycles. The lowest BCUT2D eigenvalue weighted by atomic mass is 11.4. The molecule has 0 bridgehead atoms. The van der Waals surface area contributed by atoms with Crippen LogP contribution >= 0.6 is 0 Å². The molecule has 0 amide bonds. The van der Waals surface area contributed by atoms with Gasteiger partial charge in [0.25, 0.3) is 6.33 Å². The second kappa shape index (κ2) is 1.07. The summed E-state index contributed by atoms with van der Waals surface area (Å²) in [5.41, 5.74) is 0. The summed E-state index contributed by atoms with van der Waals surface area (Å²) in [6.07, 6.45) is 0.778. The van der Waals surface area contributed by atoms with Crippen molar-refractivity contribution in [3.63, 3.8) is 0 Å². The van der Waals surface area contributed by atoms with Gasteiger partial charge in [-0.15, -0.1) is 4.85 Å². The summed E-state index contributed by atoms with van der Waals surface area (Å²) in [5.74, 6) is 0. The van der Waals surface area contributed by atoms with Gasteiger partial charge in [0.2, 0.25) is 5.21 Å². The molecule has 0 atom stereocenters. The van der Waals surface area contributed by atoms with Gasteiger partial charge < -0.3 is 10.4 Å². The maximum atomic E-state index is 9.85. The third-order valence-electron chi connectivity index (χ3n) is 0.422. The summed E-state index contributed by atoms with van der Waals surface area (Å²) >= 11 is 0. The molecule has 1 rings (SSSR count). The second-order valence-corrected chi connectivity index (χ2v) is 0.917. The smallest absolute Gasteiger partial charge is 0.291 e. The van der Waals surface area contributed by atoms with Crippen molar-refractivity contribution in [2.45, 2.75) is 0 Å². The highest BCUT2D eigenvalue weighted by atomic mass is 16.5. The standard InChI is InChI=1S/CH2N4O2/c6-4-1-5(7)3-2-4/h1,6H. The molecular weight excluding hydrogens is 100 g/mol. The largest absolute Gasteiger partial charge is 0.722 e. The molecule has 0 saturated heterocycles. The number of hydrogen-bond donors (Lipinski definition) is 1. The van der Waals surface area contributed by atoms with Crippen molar-refractivity contribution >= 4 is 0 Å². The van der Waals surface area contributed by atoms with Crippen molar-refractivity contribution in [2.75, 3.05) is 0 Å². The molecule has 7 heavy (non-hydrogen) atoms. The van der Waals surface area contributed by atoms with Crippen LogP contribution in [0, 0.1) is 5.21 Å². The van der Waals surface area contributed by atoms with E-state index in [-0.39, 0.29) is 4.85 Å². The Hall–Kier alpha value is -1.33. The Morgan fingerprint density at radius 2 is 2.57 bits per heavy atom. The fraction of sp³-hybridized carbons (Fsp3) is 0. The highest BCUT2D eigenvalue weighted by Gasteiger charge is 1.93.